The third-order valence-electron chi connectivity index (χ3n) is 5.34. The van der Waals surface area contributed by atoms with Gasteiger partial charge in [0.15, 0.2) is 0 Å². The summed E-state index contributed by atoms with van der Waals surface area (Å²) in [5, 5.41) is 3.12. The number of likely N-dealkylation sites (tertiary alicyclic amines) is 1. The number of esters is 2. The largest absolute Gasteiger partial charge is 0.465 e. The molecule has 7 nitrogen and oxygen atoms in total. The van der Waals surface area contributed by atoms with Gasteiger partial charge < -0.3 is 14.4 Å². The number of fused-ring (bicyclic) bond motifs is 1. The first-order valence-electron chi connectivity index (χ1n) is 10.7. The number of hydrogen-bond donors (Lipinski definition) is 1. The van der Waals surface area contributed by atoms with Gasteiger partial charge in [-0.2, -0.15) is 0 Å². The molecule has 0 aromatic rings. The second-order valence-corrected chi connectivity index (χ2v) is 8.93. The quantitative estimate of drug-likeness (QED) is 0.491. The van der Waals surface area contributed by atoms with Crippen molar-refractivity contribution in [2.45, 2.75) is 97.0 Å². The topological polar surface area (TPSA) is 84.9 Å². The van der Waals surface area contributed by atoms with Crippen LogP contribution in [0.2, 0.25) is 0 Å². The molecule has 1 heterocycles. The van der Waals surface area contributed by atoms with Gasteiger partial charge >= 0.3 is 11.9 Å². The maximum atomic E-state index is 13.4. The van der Waals surface area contributed by atoms with E-state index in [4.69, 9.17) is 9.47 Å². The van der Waals surface area contributed by atoms with E-state index in [0.717, 1.165) is 12.8 Å². The van der Waals surface area contributed by atoms with Crippen molar-refractivity contribution in [1.82, 2.24) is 10.2 Å². The van der Waals surface area contributed by atoms with E-state index >= 15 is 0 Å². The third-order valence-corrected chi connectivity index (χ3v) is 5.34. The molecule has 0 saturated carbocycles. The molecule has 0 radical (unpaired) electrons. The van der Waals surface area contributed by atoms with Crippen molar-refractivity contribution in [3.8, 4) is 0 Å². The van der Waals surface area contributed by atoms with Crippen LogP contribution in [-0.2, 0) is 23.9 Å². The molecular formula is C22H36N2O5. The van der Waals surface area contributed by atoms with E-state index in [2.05, 4.69) is 11.4 Å². The lowest BCUT2D eigenvalue weighted by molar-refractivity contribution is -0.164. The number of ether oxygens (including phenoxy) is 2. The first-order chi connectivity index (χ1) is 13.6. The molecule has 164 valence electrons. The Labute approximate surface area is 174 Å². The number of amides is 1. The molecule has 0 aromatic heterocycles. The number of carbonyl (C=O) groups excluding carboxylic acids is 3. The van der Waals surface area contributed by atoms with Crippen LogP contribution in [0.4, 0.5) is 0 Å². The highest BCUT2D eigenvalue weighted by Gasteiger charge is 2.49. The van der Waals surface area contributed by atoms with Gasteiger partial charge in [-0.05, 0) is 59.8 Å². The lowest BCUT2D eigenvalue weighted by atomic mass is 10.0. The molecule has 0 spiro atoms. The van der Waals surface area contributed by atoms with E-state index in [1.54, 1.807) is 18.7 Å². The smallest absolute Gasteiger partial charge is 0.329 e. The van der Waals surface area contributed by atoms with Gasteiger partial charge in [0.05, 0.1) is 18.7 Å². The standard InChI is InChI=1S/C22H36N2O5/c1-7-10-16(20(26)28-8-2)23-14(3)19(25)24-17-12-9-11-15(17)13-18(24)21(27)29-22(4,5)6/h9,12,14-18,23H,7-8,10-11,13H2,1-6H3/t14-,15?,16-,17?,18?/m0/s1. The summed E-state index contributed by atoms with van der Waals surface area (Å²) in [6, 6.07) is -1.86. The Hall–Kier alpha value is -1.89. The molecule has 0 bridgehead atoms. The van der Waals surface area contributed by atoms with E-state index in [1.807, 2.05) is 33.8 Å². The molecule has 1 aliphatic heterocycles. The van der Waals surface area contributed by atoms with E-state index < -0.39 is 23.7 Å². The van der Waals surface area contributed by atoms with E-state index in [-0.39, 0.29) is 29.8 Å². The summed E-state index contributed by atoms with van der Waals surface area (Å²) in [5.74, 6) is -0.667. The summed E-state index contributed by atoms with van der Waals surface area (Å²) in [7, 11) is 0. The zero-order chi connectivity index (χ0) is 21.8. The molecule has 2 aliphatic rings. The van der Waals surface area contributed by atoms with Gasteiger partial charge in [-0.25, -0.2) is 4.79 Å². The highest BCUT2D eigenvalue weighted by molar-refractivity contribution is 5.89. The summed E-state index contributed by atoms with van der Waals surface area (Å²) in [6.45, 7) is 11.3. The van der Waals surface area contributed by atoms with Gasteiger partial charge in [0.25, 0.3) is 0 Å². The third kappa shape index (κ3) is 5.81. The summed E-state index contributed by atoms with van der Waals surface area (Å²) < 4.78 is 10.7. The van der Waals surface area contributed by atoms with Crippen molar-refractivity contribution in [3.05, 3.63) is 12.2 Å². The van der Waals surface area contributed by atoms with Crippen molar-refractivity contribution in [2.75, 3.05) is 6.61 Å². The minimum Gasteiger partial charge on any atom is -0.465 e. The highest BCUT2D eigenvalue weighted by Crippen LogP contribution is 2.38. The Balaban J connectivity index is 2.16. The predicted molar refractivity (Wildman–Crippen MR) is 110 cm³/mol. The monoisotopic (exact) mass is 408 g/mol. The second kappa shape index (κ2) is 9.74. The van der Waals surface area contributed by atoms with Crippen molar-refractivity contribution in [2.24, 2.45) is 5.92 Å². The van der Waals surface area contributed by atoms with Gasteiger partial charge in [-0.15, -0.1) is 0 Å². The maximum absolute atomic E-state index is 13.4. The van der Waals surface area contributed by atoms with Crippen LogP contribution >= 0.6 is 0 Å². The summed E-state index contributed by atoms with van der Waals surface area (Å²) in [5.41, 5.74) is -0.612. The summed E-state index contributed by atoms with van der Waals surface area (Å²) in [6.07, 6.45) is 6.90. The molecule has 1 fully saturated rings. The molecule has 29 heavy (non-hydrogen) atoms. The van der Waals surface area contributed by atoms with Crippen LogP contribution in [0.5, 0.6) is 0 Å². The highest BCUT2D eigenvalue weighted by atomic mass is 16.6. The fraction of sp³-hybridized carbons (Fsp3) is 0.773. The zero-order valence-electron chi connectivity index (χ0n) is 18.6. The normalized spacial score (nSPS) is 25.4. The molecule has 5 atom stereocenters. The van der Waals surface area contributed by atoms with E-state index in [0.29, 0.717) is 19.4 Å². The van der Waals surface area contributed by atoms with Gasteiger partial charge in [0, 0.05) is 0 Å². The Morgan fingerprint density at radius 1 is 1.24 bits per heavy atom. The number of hydrogen-bond acceptors (Lipinski definition) is 6. The minimum atomic E-state index is -0.617. The number of rotatable bonds is 8. The molecule has 7 heteroatoms. The predicted octanol–water partition coefficient (Wildman–Crippen LogP) is 2.58. The molecule has 1 amide bonds. The fourth-order valence-electron chi connectivity index (χ4n) is 4.13. The van der Waals surface area contributed by atoms with Crippen LogP contribution in [0.25, 0.3) is 0 Å². The SMILES string of the molecule is CCC[C@H](N[C@@H](C)C(=O)N1C(C(=O)OC(C)(C)C)CC2CC=CC21)C(=O)OCC. The lowest BCUT2D eigenvalue weighted by Crippen LogP contribution is -2.55. The van der Waals surface area contributed by atoms with Crippen molar-refractivity contribution < 1.29 is 23.9 Å². The lowest BCUT2D eigenvalue weighted by Gasteiger charge is -2.33. The molecule has 1 aliphatic carbocycles. The van der Waals surface area contributed by atoms with Gasteiger partial charge in [-0.1, -0.05) is 25.5 Å². The average Bonchev–Trinajstić information content (AvgIpc) is 3.20. The van der Waals surface area contributed by atoms with E-state index in [9.17, 15) is 14.4 Å². The Morgan fingerprint density at radius 2 is 1.93 bits per heavy atom. The van der Waals surface area contributed by atoms with Gasteiger partial charge in [-0.3, -0.25) is 14.9 Å². The molecule has 3 unspecified atom stereocenters. The Kier molecular flexibility index (Phi) is 7.86. The molecule has 1 N–H and O–H groups in total. The van der Waals surface area contributed by atoms with Crippen LogP contribution in [0.1, 0.15) is 67.2 Å². The van der Waals surface area contributed by atoms with Crippen molar-refractivity contribution >= 4 is 17.8 Å². The molecule has 0 aromatic carbocycles. The Bertz CT molecular complexity index is 640. The van der Waals surface area contributed by atoms with Gasteiger partial charge in [0.2, 0.25) is 5.91 Å². The van der Waals surface area contributed by atoms with Crippen LogP contribution in [0.15, 0.2) is 12.2 Å². The first-order valence-corrected chi connectivity index (χ1v) is 10.7. The average molecular weight is 409 g/mol. The fourth-order valence-corrected chi connectivity index (χ4v) is 4.13. The summed E-state index contributed by atoms with van der Waals surface area (Å²) >= 11 is 0. The molecular weight excluding hydrogens is 372 g/mol. The van der Waals surface area contributed by atoms with Crippen LogP contribution < -0.4 is 5.32 Å². The van der Waals surface area contributed by atoms with E-state index in [1.165, 1.54) is 0 Å². The second-order valence-electron chi connectivity index (χ2n) is 8.93. The van der Waals surface area contributed by atoms with Crippen molar-refractivity contribution in [3.63, 3.8) is 0 Å². The van der Waals surface area contributed by atoms with Crippen LogP contribution in [0.3, 0.4) is 0 Å². The Morgan fingerprint density at radius 3 is 2.52 bits per heavy atom. The molecule has 1 saturated heterocycles. The van der Waals surface area contributed by atoms with Crippen molar-refractivity contribution in [1.29, 1.82) is 0 Å². The number of carbonyl (C=O) groups is 3. The minimum absolute atomic E-state index is 0.100. The number of allylic oxidation sites excluding steroid dienone is 1. The zero-order valence-corrected chi connectivity index (χ0v) is 18.6. The van der Waals surface area contributed by atoms with Crippen LogP contribution in [0, 0.1) is 5.92 Å². The number of nitrogens with zero attached hydrogens (tertiary/aromatic N) is 1. The summed E-state index contributed by atoms with van der Waals surface area (Å²) in [4.78, 5) is 40.1. The van der Waals surface area contributed by atoms with Gasteiger partial charge in [0.1, 0.15) is 17.7 Å². The molecule has 2 rings (SSSR count). The van der Waals surface area contributed by atoms with Crippen LogP contribution in [-0.4, -0.2) is 59.1 Å². The maximum Gasteiger partial charge on any atom is 0.329 e. The number of nitrogens with one attached hydrogen (secondary N) is 1. The first kappa shape index (κ1) is 23.4.